The first-order chi connectivity index (χ1) is 12.5. The van der Waals surface area contributed by atoms with Crippen molar-refractivity contribution in [2.75, 3.05) is 26.6 Å². The van der Waals surface area contributed by atoms with Gasteiger partial charge in [-0.15, -0.1) is 0 Å². The Hall–Kier alpha value is -2.93. The Bertz CT molecular complexity index is 1020. The molecule has 7 nitrogen and oxygen atoms in total. The molecule has 0 spiro atoms. The lowest BCUT2D eigenvalue weighted by Gasteiger charge is -2.35. The zero-order chi connectivity index (χ0) is 18.4. The molecule has 4 rings (SSSR count). The molecule has 0 bridgehead atoms. The van der Waals surface area contributed by atoms with E-state index < -0.39 is 6.17 Å². The number of hydrogen-bond acceptors (Lipinski definition) is 5. The molecule has 1 atom stereocenters. The number of benzene rings is 1. The molecule has 0 aliphatic carbocycles. The highest BCUT2D eigenvalue weighted by atomic mass is 35.5. The van der Waals surface area contributed by atoms with Gasteiger partial charge in [0.25, 0.3) is 5.91 Å². The van der Waals surface area contributed by atoms with Crippen molar-refractivity contribution < 1.29 is 14.3 Å². The number of aromatic nitrogens is 2. The van der Waals surface area contributed by atoms with Crippen molar-refractivity contribution in [2.24, 2.45) is 0 Å². The van der Waals surface area contributed by atoms with Gasteiger partial charge in [0.2, 0.25) is 0 Å². The number of pyridine rings is 1. The number of methoxy groups -OCH3 is 2. The van der Waals surface area contributed by atoms with Gasteiger partial charge in [-0.3, -0.25) is 9.20 Å². The van der Waals surface area contributed by atoms with Crippen LogP contribution < -0.4 is 14.8 Å². The van der Waals surface area contributed by atoms with Gasteiger partial charge >= 0.3 is 0 Å². The van der Waals surface area contributed by atoms with Gasteiger partial charge in [0.15, 0.2) is 11.5 Å². The molecule has 2 aromatic heterocycles. The maximum Gasteiger partial charge on any atom is 0.257 e. The van der Waals surface area contributed by atoms with E-state index in [1.807, 2.05) is 10.5 Å². The number of imidazole rings is 1. The second kappa shape index (κ2) is 6.10. The fourth-order valence-electron chi connectivity index (χ4n) is 3.17. The lowest BCUT2D eigenvalue weighted by molar-refractivity contribution is 0.0731. The Morgan fingerprint density at radius 3 is 2.65 bits per heavy atom. The molecule has 26 heavy (non-hydrogen) atoms. The van der Waals surface area contributed by atoms with Gasteiger partial charge in [0.05, 0.1) is 42.4 Å². The standard InChI is InChI=1S/C18H17ClN4O3/c1-22-17(13-8-20-16-5-4-10(19)9-23(13)16)21-12-7-15(26-3)14(25-2)6-11(12)18(22)24/h4-9,17,21H,1-3H3. The molecule has 1 aromatic carbocycles. The first kappa shape index (κ1) is 16.5. The second-order valence-electron chi connectivity index (χ2n) is 5.97. The van der Waals surface area contributed by atoms with Gasteiger partial charge < -0.3 is 19.7 Å². The van der Waals surface area contributed by atoms with E-state index in [-0.39, 0.29) is 5.91 Å². The molecule has 0 radical (unpaired) electrons. The molecule has 0 saturated carbocycles. The lowest BCUT2D eigenvalue weighted by Crippen LogP contribution is -2.40. The van der Waals surface area contributed by atoms with Crippen LogP contribution in [0.3, 0.4) is 0 Å². The van der Waals surface area contributed by atoms with Crippen LogP contribution in [0.4, 0.5) is 5.69 Å². The Balaban J connectivity index is 1.83. The monoisotopic (exact) mass is 372 g/mol. The van der Waals surface area contributed by atoms with E-state index in [0.717, 1.165) is 11.3 Å². The molecule has 8 heteroatoms. The first-order valence-electron chi connectivity index (χ1n) is 7.95. The minimum Gasteiger partial charge on any atom is -0.493 e. The average molecular weight is 373 g/mol. The van der Waals surface area contributed by atoms with Crippen molar-refractivity contribution in [1.29, 1.82) is 0 Å². The molecular weight excluding hydrogens is 356 g/mol. The van der Waals surface area contributed by atoms with Gasteiger partial charge in [0.1, 0.15) is 11.8 Å². The summed E-state index contributed by atoms with van der Waals surface area (Å²) >= 11 is 6.13. The smallest absolute Gasteiger partial charge is 0.257 e. The Kier molecular flexibility index (Phi) is 3.88. The third-order valence-corrected chi connectivity index (χ3v) is 4.76. The number of fused-ring (bicyclic) bond motifs is 2. The van der Waals surface area contributed by atoms with Gasteiger partial charge in [-0.2, -0.15) is 0 Å². The minimum absolute atomic E-state index is 0.123. The molecule has 1 N–H and O–H groups in total. The molecule has 1 aliphatic heterocycles. The van der Waals surface area contributed by atoms with Crippen molar-refractivity contribution in [2.45, 2.75) is 6.17 Å². The number of anilines is 1. The van der Waals surface area contributed by atoms with Crippen LogP contribution in [0.2, 0.25) is 5.02 Å². The fourth-order valence-corrected chi connectivity index (χ4v) is 3.34. The Morgan fingerprint density at radius 2 is 1.92 bits per heavy atom. The van der Waals surface area contributed by atoms with E-state index in [9.17, 15) is 4.79 Å². The van der Waals surface area contributed by atoms with Crippen LogP contribution >= 0.6 is 11.6 Å². The fraction of sp³-hybridized carbons (Fsp3) is 0.222. The van der Waals surface area contributed by atoms with Gasteiger partial charge in [0, 0.05) is 19.3 Å². The quantitative estimate of drug-likeness (QED) is 0.764. The van der Waals surface area contributed by atoms with Crippen molar-refractivity contribution in [1.82, 2.24) is 14.3 Å². The van der Waals surface area contributed by atoms with E-state index >= 15 is 0 Å². The number of nitrogens with zero attached hydrogens (tertiary/aromatic N) is 3. The number of ether oxygens (including phenoxy) is 2. The van der Waals surface area contributed by atoms with Crippen LogP contribution in [0.25, 0.3) is 5.65 Å². The minimum atomic E-state index is -0.401. The molecule has 3 heterocycles. The largest absolute Gasteiger partial charge is 0.493 e. The second-order valence-corrected chi connectivity index (χ2v) is 6.41. The normalized spacial score (nSPS) is 16.4. The van der Waals surface area contributed by atoms with Crippen LogP contribution in [0.5, 0.6) is 11.5 Å². The molecule has 0 fully saturated rings. The van der Waals surface area contributed by atoms with Gasteiger partial charge in [-0.25, -0.2) is 4.98 Å². The van der Waals surface area contributed by atoms with E-state index in [1.54, 1.807) is 56.8 Å². The summed E-state index contributed by atoms with van der Waals surface area (Å²) in [4.78, 5) is 18.9. The average Bonchev–Trinajstić information content (AvgIpc) is 3.06. The van der Waals surface area contributed by atoms with Crippen LogP contribution in [0.1, 0.15) is 22.2 Å². The summed E-state index contributed by atoms with van der Waals surface area (Å²) in [5.74, 6) is 0.938. The third kappa shape index (κ3) is 2.43. The highest BCUT2D eigenvalue weighted by Crippen LogP contribution is 2.39. The topological polar surface area (TPSA) is 68.1 Å². The molecule has 1 aliphatic rings. The van der Waals surface area contributed by atoms with E-state index in [2.05, 4.69) is 10.3 Å². The van der Waals surface area contributed by atoms with Crippen molar-refractivity contribution in [3.8, 4) is 11.5 Å². The van der Waals surface area contributed by atoms with E-state index in [0.29, 0.717) is 27.8 Å². The molecular formula is C18H17ClN4O3. The summed E-state index contributed by atoms with van der Waals surface area (Å²) in [5.41, 5.74) is 2.75. The maximum absolute atomic E-state index is 12.9. The maximum atomic E-state index is 12.9. The van der Waals surface area contributed by atoms with Crippen LogP contribution in [-0.2, 0) is 0 Å². The third-order valence-electron chi connectivity index (χ3n) is 4.53. The number of carbonyl (C=O) groups excluding carboxylic acids is 1. The Morgan fingerprint density at radius 1 is 1.19 bits per heavy atom. The predicted molar refractivity (Wildman–Crippen MR) is 98.2 cm³/mol. The van der Waals surface area contributed by atoms with Crippen molar-refractivity contribution >= 4 is 28.8 Å². The highest BCUT2D eigenvalue weighted by Gasteiger charge is 2.33. The summed E-state index contributed by atoms with van der Waals surface area (Å²) in [6, 6.07) is 7.06. The van der Waals surface area contributed by atoms with E-state index in [1.165, 1.54) is 0 Å². The Labute approximate surface area is 155 Å². The van der Waals surface area contributed by atoms with Crippen molar-refractivity contribution in [3.63, 3.8) is 0 Å². The van der Waals surface area contributed by atoms with E-state index in [4.69, 9.17) is 21.1 Å². The first-order valence-corrected chi connectivity index (χ1v) is 8.33. The van der Waals surface area contributed by atoms with Crippen LogP contribution in [-0.4, -0.2) is 41.5 Å². The molecule has 3 aromatic rings. The molecule has 1 unspecified atom stereocenters. The number of rotatable bonds is 3. The SMILES string of the molecule is COc1cc2c(cc1OC)C(=O)N(C)C(c1cnc3ccc(Cl)cn13)N2. The zero-order valence-electron chi connectivity index (χ0n) is 14.5. The number of hydrogen-bond donors (Lipinski definition) is 1. The summed E-state index contributed by atoms with van der Waals surface area (Å²) in [5, 5.41) is 3.97. The number of amides is 1. The summed E-state index contributed by atoms with van der Waals surface area (Å²) in [6.45, 7) is 0. The number of nitrogens with one attached hydrogen (secondary N) is 1. The lowest BCUT2D eigenvalue weighted by atomic mass is 10.1. The highest BCUT2D eigenvalue weighted by molar-refractivity contribution is 6.30. The van der Waals surface area contributed by atoms with Crippen LogP contribution in [0, 0.1) is 0 Å². The summed E-state index contributed by atoms with van der Waals surface area (Å²) in [7, 11) is 4.84. The predicted octanol–water partition coefficient (Wildman–Crippen LogP) is 3.20. The molecule has 0 saturated heterocycles. The molecule has 134 valence electrons. The van der Waals surface area contributed by atoms with Gasteiger partial charge in [-0.05, 0) is 18.2 Å². The summed E-state index contributed by atoms with van der Waals surface area (Å²) in [6.07, 6.45) is 3.11. The van der Waals surface area contributed by atoms with Crippen LogP contribution in [0.15, 0.2) is 36.7 Å². The summed E-state index contributed by atoms with van der Waals surface area (Å²) < 4.78 is 12.5. The zero-order valence-corrected chi connectivity index (χ0v) is 15.2. The number of halogens is 1. The van der Waals surface area contributed by atoms with Crippen molar-refractivity contribution in [3.05, 3.63) is 52.9 Å². The number of carbonyl (C=O) groups is 1. The van der Waals surface area contributed by atoms with Gasteiger partial charge in [-0.1, -0.05) is 11.6 Å². The molecule has 1 amide bonds.